The molecule has 1 unspecified atom stereocenters. The number of ether oxygens (including phenoxy) is 2. The first-order valence-corrected chi connectivity index (χ1v) is 4.71. The van der Waals surface area contributed by atoms with Gasteiger partial charge in [0.25, 0.3) is 6.10 Å². The number of allylic oxidation sites excluding steroid dienone is 1. The van der Waals surface area contributed by atoms with Crippen molar-refractivity contribution in [3.05, 3.63) is 42.7 Å². The summed E-state index contributed by atoms with van der Waals surface area (Å²) in [7, 11) is 0. The van der Waals surface area contributed by atoms with Gasteiger partial charge in [-0.1, -0.05) is 24.3 Å². The standard InChI is InChI=1S/C12H11NO3/c1-2-8-15-12(14)11(9-13)16-10-6-4-3-5-7-10/h2-8,11H,1H3. The summed E-state index contributed by atoms with van der Waals surface area (Å²) in [5.41, 5.74) is 0. The van der Waals surface area contributed by atoms with Crippen molar-refractivity contribution in [2.75, 3.05) is 0 Å². The lowest BCUT2D eigenvalue weighted by Gasteiger charge is -2.09. The molecule has 0 aliphatic heterocycles. The molecule has 16 heavy (non-hydrogen) atoms. The van der Waals surface area contributed by atoms with Crippen molar-refractivity contribution < 1.29 is 14.3 Å². The summed E-state index contributed by atoms with van der Waals surface area (Å²) < 4.78 is 9.80. The quantitative estimate of drug-likeness (QED) is 0.572. The van der Waals surface area contributed by atoms with Crippen LogP contribution in [0.2, 0.25) is 0 Å². The molecule has 0 spiro atoms. The van der Waals surface area contributed by atoms with Crippen molar-refractivity contribution >= 4 is 5.97 Å². The Labute approximate surface area is 93.7 Å². The average Bonchev–Trinajstić information content (AvgIpc) is 2.34. The highest BCUT2D eigenvalue weighted by atomic mass is 16.6. The second-order valence-electron chi connectivity index (χ2n) is 2.85. The minimum absolute atomic E-state index is 0.450. The van der Waals surface area contributed by atoms with Gasteiger partial charge in [-0.3, -0.25) is 0 Å². The van der Waals surface area contributed by atoms with Gasteiger partial charge in [-0.05, 0) is 19.1 Å². The van der Waals surface area contributed by atoms with E-state index in [4.69, 9.17) is 10.00 Å². The minimum Gasteiger partial charge on any atom is -0.464 e. The zero-order valence-electron chi connectivity index (χ0n) is 8.79. The summed E-state index contributed by atoms with van der Waals surface area (Å²) in [6.45, 7) is 1.70. The van der Waals surface area contributed by atoms with Crippen molar-refractivity contribution in [3.8, 4) is 11.8 Å². The maximum atomic E-state index is 11.3. The molecule has 0 aromatic heterocycles. The molecular formula is C12H11NO3. The zero-order chi connectivity index (χ0) is 11.8. The van der Waals surface area contributed by atoms with Crippen molar-refractivity contribution in [3.63, 3.8) is 0 Å². The monoisotopic (exact) mass is 217 g/mol. The number of hydrogen-bond donors (Lipinski definition) is 0. The molecule has 0 N–H and O–H groups in total. The van der Waals surface area contributed by atoms with Gasteiger partial charge in [0.2, 0.25) is 0 Å². The molecule has 1 atom stereocenters. The van der Waals surface area contributed by atoms with Crippen LogP contribution in [-0.4, -0.2) is 12.1 Å². The number of para-hydroxylation sites is 1. The lowest BCUT2D eigenvalue weighted by Crippen LogP contribution is -2.26. The van der Waals surface area contributed by atoms with E-state index in [-0.39, 0.29) is 0 Å². The summed E-state index contributed by atoms with van der Waals surface area (Å²) in [4.78, 5) is 11.3. The van der Waals surface area contributed by atoms with E-state index in [1.807, 2.05) is 6.07 Å². The fourth-order valence-corrected chi connectivity index (χ4v) is 0.959. The molecule has 1 aromatic rings. The lowest BCUT2D eigenvalue weighted by molar-refractivity contribution is -0.143. The van der Waals surface area contributed by atoms with Crippen LogP contribution in [0.15, 0.2) is 42.7 Å². The van der Waals surface area contributed by atoms with Gasteiger partial charge in [-0.15, -0.1) is 0 Å². The first-order valence-electron chi connectivity index (χ1n) is 4.71. The van der Waals surface area contributed by atoms with Crippen molar-refractivity contribution in [1.82, 2.24) is 0 Å². The third kappa shape index (κ3) is 3.46. The normalized spacial score (nSPS) is 11.8. The van der Waals surface area contributed by atoms with Crippen LogP contribution in [0.3, 0.4) is 0 Å². The van der Waals surface area contributed by atoms with E-state index < -0.39 is 12.1 Å². The Balaban J connectivity index is 2.63. The maximum absolute atomic E-state index is 11.3. The molecule has 0 radical (unpaired) electrons. The summed E-state index contributed by atoms with van der Waals surface area (Å²) in [6.07, 6.45) is 1.51. The molecule has 0 saturated carbocycles. The topological polar surface area (TPSA) is 59.3 Å². The second-order valence-corrected chi connectivity index (χ2v) is 2.85. The predicted molar refractivity (Wildman–Crippen MR) is 57.4 cm³/mol. The first-order chi connectivity index (χ1) is 7.77. The number of nitrogens with zero attached hydrogens (tertiary/aromatic N) is 1. The molecule has 0 bridgehead atoms. The number of carbonyl (C=O) groups is 1. The van der Waals surface area contributed by atoms with E-state index in [0.717, 1.165) is 0 Å². The number of nitriles is 1. The fraction of sp³-hybridized carbons (Fsp3) is 0.167. The Hall–Kier alpha value is -2.28. The summed E-state index contributed by atoms with van der Waals surface area (Å²) in [5.74, 6) is -0.282. The maximum Gasteiger partial charge on any atom is 0.367 e. The highest BCUT2D eigenvalue weighted by Crippen LogP contribution is 2.11. The molecule has 0 heterocycles. The highest BCUT2D eigenvalue weighted by Gasteiger charge is 2.20. The van der Waals surface area contributed by atoms with Gasteiger partial charge in [0, 0.05) is 0 Å². The van der Waals surface area contributed by atoms with Gasteiger partial charge >= 0.3 is 5.97 Å². The second kappa shape index (κ2) is 6.25. The SMILES string of the molecule is CC=COC(=O)C(C#N)Oc1ccccc1. The van der Waals surface area contributed by atoms with Gasteiger partial charge < -0.3 is 9.47 Å². The van der Waals surface area contributed by atoms with Crippen LogP contribution >= 0.6 is 0 Å². The van der Waals surface area contributed by atoms with E-state index in [1.54, 1.807) is 43.3 Å². The number of esters is 1. The van der Waals surface area contributed by atoms with E-state index in [0.29, 0.717) is 5.75 Å². The van der Waals surface area contributed by atoms with Gasteiger partial charge in [-0.25, -0.2) is 4.79 Å². The Morgan fingerprint density at radius 1 is 1.44 bits per heavy atom. The Morgan fingerprint density at radius 3 is 2.69 bits per heavy atom. The third-order valence-electron chi connectivity index (χ3n) is 1.65. The molecule has 0 fully saturated rings. The number of benzene rings is 1. The van der Waals surface area contributed by atoms with Crippen molar-refractivity contribution in [2.45, 2.75) is 13.0 Å². The van der Waals surface area contributed by atoms with Crippen LogP contribution < -0.4 is 4.74 Å². The smallest absolute Gasteiger partial charge is 0.367 e. The third-order valence-corrected chi connectivity index (χ3v) is 1.65. The summed E-state index contributed by atoms with van der Waals surface area (Å²) >= 11 is 0. The minimum atomic E-state index is -1.25. The van der Waals surface area contributed by atoms with Crippen LogP contribution in [0, 0.1) is 11.3 Å². The van der Waals surface area contributed by atoms with E-state index in [2.05, 4.69) is 4.74 Å². The van der Waals surface area contributed by atoms with Crippen LogP contribution in [-0.2, 0) is 9.53 Å². The molecule has 1 rings (SSSR count). The molecule has 4 heteroatoms. The molecule has 0 saturated heterocycles. The number of hydrogen-bond acceptors (Lipinski definition) is 4. The first kappa shape index (κ1) is 11.8. The van der Waals surface area contributed by atoms with E-state index in [9.17, 15) is 4.79 Å². The molecular weight excluding hydrogens is 206 g/mol. The Morgan fingerprint density at radius 2 is 2.12 bits per heavy atom. The van der Waals surface area contributed by atoms with Gasteiger partial charge in [0.1, 0.15) is 11.8 Å². The number of rotatable bonds is 4. The van der Waals surface area contributed by atoms with Gasteiger partial charge in [0.05, 0.1) is 6.26 Å². The Bertz CT molecular complexity index is 406. The lowest BCUT2D eigenvalue weighted by atomic mass is 10.3. The van der Waals surface area contributed by atoms with Crippen molar-refractivity contribution in [2.24, 2.45) is 0 Å². The molecule has 0 aliphatic carbocycles. The summed E-state index contributed by atoms with van der Waals surface area (Å²) in [6, 6.07) is 10.4. The fourth-order valence-electron chi connectivity index (χ4n) is 0.959. The summed E-state index contributed by atoms with van der Waals surface area (Å²) in [5, 5.41) is 8.76. The van der Waals surface area contributed by atoms with Crippen LogP contribution in [0.25, 0.3) is 0 Å². The van der Waals surface area contributed by atoms with Gasteiger partial charge in [-0.2, -0.15) is 5.26 Å². The molecule has 82 valence electrons. The van der Waals surface area contributed by atoms with Crippen molar-refractivity contribution in [1.29, 1.82) is 5.26 Å². The molecule has 4 nitrogen and oxygen atoms in total. The molecule has 0 amide bonds. The number of carbonyl (C=O) groups excluding carboxylic acids is 1. The molecule has 1 aromatic carbocycles. The Kier molecular flexibility index (Phi) is 4.61. The van der Waals surface area contributed by atoms with Gasteiger partial charge in [0.15, 0.2) is 0 Å². The average molecular weight is 217 g/mol. The van der Waals surface area contributed by atoms with Crippen LogP contribution in [0.5, 0.6) is 5.75 Å². The van der Waals surface area contributed by atoms with E-state index >= 15 is 0 Å². The largest absolute Gasteiger partial charge is 0.464 e. The highest BCUT2D eigenvalue weighted by molar-refractivity contribution is 5.78. The zero-order valence-corrected chi connectivity index (χ0v) is 8.79. The van der Waals surface area contributed by atoms with Crippen LogP contribution in [0.1, 0.15) is 6.92 Å². The predicted octanol–water partition coefficient (Wildman–Crippen LogP) is 2.03. The van der Waals surface area contributed by atoms with Crippen LogP contribution in [0.4, 0.5) is 0 Å². The molecule has 0 aliphatic rings. The van der Waals surface area contributed by atoms with E-state index in [1.165, 1.54) is 6.26 Å².